The van der Waals surface area contributed by atoms with Gasteiger partial charge in [-0.1, -0.05) is 0 Å². The summed E-state index contributed by atoms with van der Waals surface area (Å²) in [6, 6.07) is 9.92. The second-order valence-corrected chi connectivity index (χ2v) is 8.21. The van der Waals surface area contributed by atoms with Crippen LogP contribution in [-0.2, 0) is 10.0 Å². The molecule has 142 valence electrons. The van der Waals surface area contributed by atoms with Crippen LogP contribution in [0.15, 0.2) is 56.4 Å². The summed E-state index contributed by atoms with van der Waals surface area (Å²) in [6.45, 7) is 0.801. The number of furan rings is 1. The summed E-state index contributed by atoms with van der Waals surface area (Å²) in [4.78, 5) is 0.264. The van der Waals surface area contributed by atoms with Crippen molar-refractivity contribution in [2.24, 2.45) is 0 Å². The Morgan fingerprint density at radius 2 is 1.85 bits per heavy atom. The Kier molecular flexibility index (Phi) is 4.71. The summed E-state index contributed by atoms with van der Waals surface area (Å²) in [5, 5.41) is 8.11. The molecule has 3 heterocycles. The summed E-state index contributed by atoms with van der Waals surface area (Å²) < 4.78 is 43.2. The molecule has 0 aliphatic carbocycles. The average Bonchev–Trinajstić information content (AvgIpc) is 3.40. The Morgan fingerprint density at radius 3 is 2.48 bits per heavy atom. The second-order valence-electron chi connectivity index (χ2n) is 6.28. The maximum Gasteiger partial charge on any atom is 0.283 e. The lowest BCUT2D eigenvalue weighted by Gasteiger charge is -2.29. The Hall–Kier alpha value is -2.65. The maximum atomic E-state index is 12.8. The van der Waals surface area contributed by atoms with E-state index in [-0.39, 0.29) is 10.8 Å². The minimum absolute atomic E-state index is 0.0310. The van der Waals surface area contributed by atoms with Gasteiger partial charge in [0.15, 0.2) is 5.76 Å². The van der Waals surface area contributed by atoms with Crippen molar-refractivity contribution in [1.82, 2.24) is 14.5 Å². The predicted octanol–water partition coefficient (Wildman–Crippen LogP) is 2.91. The molecule has 1 aliphatic heterocycles. The highest BCUT2D eigenvalue weighted by Gasteiger charge is 2.32. The van der Waals surface area contributed by atoms with Gasteiger partial charge in [0.25, 0.3) is 5.89 Å². The third-order valence-electron chi connectivity index (χ3n) is 4.67. The topological polar surface area (TPSA) is 98.7 Å². The van der Waals surface area contributed by atoms with Gasteiger partial charge in [-0.15, -0.1) is 10.2 Å². The average molecular weight is 389 g/mol. The van der Waals surface area contributed by atoms with E-state index in [2.05, 4.69) is 10.2 Å². The lowest BCUT2D eigenvalue weighted by atomic mass is 9.98. The molecule has 1 aromatic carbocycles. The summed E-state index contributed by atoms with van der Waals surface area (Å²) >= 11 is 0. The van der Waals surface area contributed by atoms with Crippen LogP contribution < -0.4 is 4.74 Å². The van der Waals surface area contributed by atoms with Crippen molar-refractivity contribution in [3.8, 4) is 17.4 Å². The number of piperidine rings is 1. The Morgan fingerprint density at radius 1 is 1.11 bits per heavy atom. The highest BCUT2D eigenvalue weighted by Crippen LogP contribution is 2.31. The molecule has 0 spiro atoms. The smallest absolute Gasteiger partial charge is 0.283 e. The van der Waals surface area contributed by atoms with E-state index in [4.69, 9.17) is 13.6 Å². The number of aromatic nitrogens is 2. The molecule has 0 atom stereocenters. The Bertz CT molecular complexity index is 988. The molecular weight excluding hydrogens is 370 g/mol. The standard InChI is InChI=1S/C18H19N3O5S/c1-24-14-4-6-15(7-5-14)27(22,23)21-10-8-13(9-11-21)17-19-20-18(26-17)16-3-2-12-25-16/h2-7,12-13H,8-11H2,1H3. The fraction of sp³-hybridized carbons (Fsp3) is 0.333. The van der Waals surface area contributed by atoms with E-state index in [0.29, 0.717) is 49.2 Å². The van der Waals surface area contributed by atoms with Gasteiger partial charge in [-0.05, 0) is 49.2 Å². The molecule has 3 aromatic rings. The van der Waals surface area contributed by atoms with Crippen molar-refractivity contribution in [1.29, 1.82) is 0 Å². The van der Waals surface area contributed by atoms with E-state index < -0.39 is 10.0 Å². The lowest BCUT2D eigenvalue weighted by molar-refractivity contribution is 0.290. The van der Waals surface area contributed by atoms with Crippen molar-refractivity contribution >= 4 is 10.0 Å². The quantitative estimate of drug-likeness (QED) is 0.661. The Balaban J connectivity index is 1.43. The van der Waals surface area contributed by atoms with E-state index in [0.717, 1.165) is 0 Å². The zero-order valence-electron chi connectivity index (χ0n) is 14.7. The largest absolute Gasteiger partial charge is 0.497 e. The van der Waals surface area contributed by atoms with Crippen molar-refractivity contribution in [2.45, 2.75) is 23.7 Å². The third kappa shape index (κ3) is 3.47. The SMILES string of the molecule is COc1ccc(S(=O)(=O)N2CCC(c3nnc(-c4ccco4)o3)CC2)cc1. The molecule has 0 saturated carbocycles. The first kappa shape index (κ1) is 17.7. The van der Waals surface area contributed by atoms with Gasteiger partial charge >= 0.3 is 0 Å². The fourth-order valence-electron chi connectivity index (χ4n) is 3.14. The predicted molar refractivity (Wildman–Crippen MR) is 95.7 cm³/mol. The van der Waals surface area contributed by atoms with Crippen LogP contribution in [-0.4, -0.2) is 43.1 Å². The monoisotopic (exact) mass is 389 g/mol. The Labute approximate surface area is 156 Å². The summed E-state index contributed by atoms with van der Waals surface area (Å²) in [7, 11) is -1.98. The van der Waals surface area contributed by atoms with Crippen LogP contribution >= 0.6 is 0 Å². The number of rotatable bonds is 5. The number of benzene rings is 1. The van der Waals surface area contributed by atoms with Crippen LogP contribution in [0.1, 0.15) is 24.7 Å². The molecular formula is C18H19N3O5S. The highest BCUT2D eigenvalue weighted by atomic mass is 32.2. The van der Waals surface area contributed by atoms with Gasteiger partial charge < -0.3 is 13.6 Å². The molecule has 2 aromatic heterocycles. The van der Waals surface area contributed by atoms with E-state index in [9.17, 15) is 8.42 Å². The summed E-state index contributed by atoms with van der Waals surface area (Å²) in [5.74, 6) is 2.03. The number of hydrogen-bond donors (Lipinski definition) is 0. The zero-order valence-corrected chi connectivity index (χ0v) is 15.6. The molecule has 27 heavy (non-hydrogen) atoms. The number of sulfonamides is 1. The van der Waals surface area contributed by atoms with Crippen LogP contribution in [0.25, 0.3) is 11.7 Å². The lowest BCUT2D eigenvalue weighted by Crippen LogP contribution is -2.37. The molecule has 8 nitrogen and oxygen atoms in total. The molecule has 0 radical (unpaired) electrons. The number of nitrogens with zero attached hydrogens (tertiary/aromatic N) is 3. The molecule has 0 amide bonds. The molecule has 4 rings (SSSR count). The van der Waals surface area contributed by atoms with Crippen LogP contribution in [0.3, 0.4) is 0 Å². The molecule has 0 bridgehead atoms. The number of hydrogen-bond acceptors (Lipinski definition) is 7. The third-order valence-corrected chi connectivity index (χ3v) is 6.59. The van der Waals surface area contributed by atoms with Crippen LogP contribution in [0, 0.1) is 0 Å². The van der Waals surface area contributed by atoms with Crippen LogP contribution in [0.5, 0.6) is 5.75 Å². The normalized spacial score (nSPS) is 16.5. The van der Waals surface area contributed by atoms with Crippen molar-refractivity contribution in [3.63, 3.8) is 0 Å². The van der Waals surface area contributed by atoms with E-state index in [1.807, 2.05) is 0 Å². The van der Waals surface area contributed by atoms with Crippen LogP contribution in [0.2, 0.25) is 0 Å². The molecule has 1 fully saturated rings. The number of ether oxygens (including phenoxy) is 1. The molecule has 0 unspecified atom stereocenters. The summed E-state index contributed by atoms with van der Waals surface area (Å²) in [5.41, 5.74) is 0. The van der Waals surface area contributed by atoms with Gasteiger partial charge in [-0.2, -0.15) is 4.31 Å². The van der Waals surface area contributed by atoms with Gasteiger partial charge in [0.05, 0.1) is 18.3 Å². The molecule has 1 aliphatic rings. The minimum Gasteiger partial charge on any atom is -0.497 e. The number of methoxy groups -OCH3 is 1. The minimum atomic E-state index is -3.53. The molecule has 0 N–H and O–H groups in total. The van der Waals surface area contributed by atoms with Gasteiger partial charge in [-0.25, -0.2) is 8.42 Å². The van der Waals surface area contributed by atoms with E-state index in [1.54, 1.807) is 49.8 Å². The second kappa shape index (κ2) is 7.16. The first-order valence-corrected chi connectivity index (χ1v) is 10.0. The van der Waals surface area contributed by atoms with Crippen molar-refractivity contribution < 1.29 is 22.0 Å². The summed E-state index contributed by atoms with van der Waals surface area (Å²) in [6.07, 6.45) is 2.78. The van der Waals surface area contributed by atoms with Crippen LogP contribution in [0.4, 0.5) is 0 Å². The first-order valence-electron chi connectivity index (χ1n) is 8.59. The van der Waals surface area contributed by atoms with Crippen molar-refractivity contribution in [2.75, 3.05) is 20.2 Å². The molecule has 1 saturated heterocycles. The maximum absolute atomic E-state index is 12.8. The van der Waals surface area contributed by atoms with Gasteiger partial charge in [0.1, 0.15) is 5.75 Å². The fourth-order valence-corrected chi connectivity index (χ4v) is 4.61. The van der Waals surface area contributed by atoms with Gasteiger partial charge in [0, 0.05) is 19.0 Å². The van der Waals surface area contributed by atoms with E-state index in [1.165, 1.54) is 4.31 Å². The molecule has 9 heteroatoms. The highest BCUT2D eigenvalue weighted by molar-refractivity contribution is 7.89. The zero-order chi connectivity index (χ0) is 18.9. The van der Waals surface area contributed by atoms with Crippen molar-refractivity contribution in [3.05, 3.63) is 48.6 Å². The van der Waals surface area contributed by atoms with E-state index >= 15 is 0 Å². The first-order chi connectivity index (χ1) is 13.1. The van der Waals surface area contributed by atoms with Gasteiger partial charge in [0.2, 0.25) is 15.9 Å². The van der Waals surface area contributed by atoms with Gasteiger partial charge in [-0.3, -0.25) is 0 Å².